The highest BCUT2D eigenvalue weighted by Crippen LogP contribution is 2.21. The Balaban J connectivity index is 2.10. The molecule has 8 heteroatoms. The van der Waals surface area contributed by atoms with Gasteiger partial charge in [0, 0.05) is 24.7 Å². The van der Waals surface area contributed by atoms with Crippen molar-refractivity contribution in [2.75, 3.05) is 29.0 Å². The van der Waals surface area contributed by atoms with Crippen LogP contribution in [0.2, 0.25) is 0 Å². The molecule has 2 aromatic carbocycles. The van der Waals surface area contributed by atoms with Gasteiger partial charge in [-0.3, -0.25) is 13.9 Å². The van der Waals surface area contributed by atoms with Gasteiger partial charge in [-0.15, -0.1) is 0 Å². The van der Waals surface area contributed by atoms with Gasteiger partial charge in [-0.2, -0.15) is 0 Å². The summed E-state index contributed by atoms with van der Waals surface area (Å²) in [5.41, 5.74) is 2.40. The number of rotatable bonds is 7. The first-order valence-electron chi connectivity index (χ1n) is 8.37. The van der Waals surface area contributed by atoms with Gasteiger partial charge in [-0.25, -0.2) is 8.42 Å². The SMILES string of the molecule is CC(=O)Nc1cccc(N(CCNC(=O)c2cccc(C)c2)S(C)(=O)=O)c1. The van der Waals surface area contributed by atoms with Gasteiger partial charge < -0.3 is 10.6 Å². The third kappa shape index (κ3) is 6.10. The van der Waals surface area contributed by atoms with Gasteiger partial charge in [0.05, 0.1) is 18.5 Å². The Morgan fingerprint density at radius 2 is 1.78 bits per heavy atom. The lowest BCUT2D eigenvalue weighted by molar-refractivity contribution is -0.114. The highest BCUT2D eigenvalue weighted by atomic mass is 32.2. The van der Waals surface area contributed by atoms with Gasteiger partial charge in [-0.1, -0.05) is 23.8 Å². The topological polar surface area (TPSA) is 95.6 Å². The lowest BCUT2D eigenvalue weighted by atomic mass is 10.1. The predicted octanol–water partition coefficient (Wildman–Crippen LogP) is 2.15. The van der Waals surface area contributed by atoms with Gasteiger partial charge in [0.2, 0.25) is 15.9 Å². The fourth-order valence-corrected chi connectivity index (χ4v) is 3.51. The van der Waals surface area contributed by atoms with E-state index in [1.165, 1.54) is 11.2 Å². The number of benzene rings is 2. The first-order valence-corrected chi connectivity index (χ1v) is 10.2. The molecule has 0 aliphatic carbocycles. The van der Waals surface area contributed by atoms with E-state index in [0.29, 0.717) is 16.9 Å². The minimum Gasteiger partial charge on any atom is -0.350 e. The minimum absolute atomic E-state index is 0.0694. The monoisotopic (exact) mass is 389 g/mol. The molecule has 144 valence electrons. The van der Waals surface area contributed by atoms with Crippen molar-refractivity contribution >= 4 is 33.2 Å². The number of hydrogen-bond donors (Lipinski definition) is 2. The number of carbonyl (C=O) groups is 2. The molecule has 2 aromatic rings. The second-order valence-corrected chi connectivity index (χ2v) is 8.10. The average molecular weight is 389 g/mol. The molecule has 0 saturated carbocycles. The number of carbonyl (C=O) groups excluding carboxylic acids is 2. The average Bonchev–Trinajstić information content (AvgIpc) is 2.57. The van der Waals surface area contributed by atoms with Crippen molar-refractivity contribution in [3.63, 3.8) is 0 Å². The molecule has 2 amide bonds. The standard InChI is InChI=1S/C19H23N3O4S/c1-14-6-4-7-16(12-14)19(24)20-10-11-22(27(3,25)26)18-9-5-8-17(13-18)21-15(2)23/h4-9,12-13H,10-11H2,1-3H3,(H,20,24)(H,21,23). The maximum absolute atomic E-state index is 12.2. The zero-order valence-corrected chi connectivity index (χ0v) is 16.3. The summed E-state index contributed by atoms with van der Waals surface area (Å²) >= 11 is 0. The van der Waals surface area contributed by atoms with Crippen molar-refractivity contribution in [3.05, 3.63) is 59.7 Å². The summed E-state index contributed by atoms with van der Waals surface area (Å²) in [4.78, 5) is 23.4. The van der Waals surface area contributed by atoms with E-state index < -0.39 is 10.0 Å². The van der Waals surface area contributed by atoms with E-state index in [9.17, 15) is 18.0 Å². The number of hydrogen-bond acceptors (Lipinski definition) is 4. The highest BCUT2D eigenvalue weighted by molar-refractivity contribution is 7.92. The van der Waals surface area contributed by atoms with Crippen LogP contribution >= 0.6 is 0 Å². The first-order chi connectivity index (χ1) is 12.7. The zero-order valence-electron chi connectivity index (χ0n) is 15.5. The van der Waals surface area contributed by atoms with E-state index in [1.807, 2.05) is 13.0 Å². The third-order valence-corrected chi connectivity index (χ3v) is 4.93. The van der Waals surface area contributed by atoms with E-state index in [4.69, 9.17) is 0 Å². The molecule has 0 saturated heterocycles. The molecule has 0 aliphatic rings. The molecule has 0 radical (unpaired) electrons. The maximum Gasteiger partial charge on any atom is 0.251 e. The Bertz CT molecular complexity index is 941. The molecule has 0 atom stereocenters. The Hall–Kier alpha value is -2.87. The number of amides is 2. The Morgan fingerprint density at radius 3 is 2.41 bits per heavy atom. The van der Waals surface area contributed by atoms with Crippen LogP contribution in [0.3, 0.4) is 0 Å². The fourth-order valence-electron chi connectivity index (χ4n) is 2.59. The lowest BCUT2D eigenvalue weighted by Gasteiger charge is -2.23. The maximum atomic E-state index is 12.2. The molecule has 2 N–H and O–H groups in total. The van der Waals surface area contributed by atoms with Crippen LogP contribution in [0.5, 0.6) is 0 Å². The summed E-state index contributed by atoms with van der Waals surface area (Å²) in [6, 6.07) is 13.7. The largest absolute Gasteiger partial charge is 0.350 e. The van der Waals surface area contributed by atoms with E-state index in [1.54, 1.807) is 42.5 Å². The molecular weight excluding hydrogens is 366 g/mol. The smallest absolute Gasteiger partial charge is 0.251 e. The normalized spacial score (nSPS) is 10.9. The molecule has 0 heterocycles. The zero-order chi connectivity index (χ0) is 20.0. The van der Waals surface area contributed by atoms with E-state index in [0.717, 1.165) is 11.8 Å². The highest BCUT2D eigenvalue weighted by Gasteiger charge is 2.18. The van der Waals surface area contributed by atoms with Crippen LogP contribution in [-0.2, 0) is 14.8 Å². The number of nitrogens with zero attached hydrogens (tertiary/aromatic N) is 1. The minimum atomic E-state index is -3.56. The molecule has 0 aliphatic heterocycles. The predicted molar refractivity (Wildman–Crippen MR) is 106 cm³/mol. The van der Waals surface area contributed by atoms with Gasteiger partial charge in [0.15, 0.2) is 0 Å². The molecule has 2 rings (SSSR count). The number of aryl methyl sites for hydroxylation is 1. The van der Waals surface area contributed by atoms with Crippen LogP contribution in [0.25, 0.3) is 0 Å². The molecule has 7 nitrogen and oxygen atoms in total. The van der Waals surface area contributed by atoms with Crippen molar-refractivity contribution < 1.29 is 18.0 Å². The second kappa shape index (κ2) is 8.68. The van der Waals surface area contributed by atoms with Crippen molar-refractivity contribution in [2.24, 2.45) is 0 Å². The van der Waals surface area contributed by atoms with Gasteiger partial charge >= 0.3 is 0 Å². The molecule has 0 fully saturated rings. The number of sulfonamides is 1. The van der Waals surface area contributed by atoms with Gasteiger partial charge in [-0.05, 0) is 37.3 Å². The Kier molecular flexibility index (Phi) is 6.57. The van der Waals surface area contributed by atoms with Crippen LogP contribution in [0.1, 0.15) is 22.8 Å². The van der Waals surface area contributed by atoms with Crippen LogP contribution in [0.15, 0.2) is 48.5 Å². The second-order valence-electron chi connectivity index (χ2n) is 6.19. The van der Waals surface area contributed by atoms with Crippen molar-refractivity contribution in [2.45, 2.75) is 13.8 Å². The third-order valence-electron chi connectivity index (χ3n) is 3.74. The summed E-state index contributed by atoms with van der Waals surface area (Å²) in [5, 5.41) is 5.35. The van der Waals surface area contributed by atoms with E-state index in [2.05, 4.69) is 10.6 Å². The van der Waals surface area contributed by atoms with Gasteiger partial charge in [0.1, 0.15) is 0 Å². The molecule has 0 bridgehead atoms. The lowest BCUT2D eigenvalue weighted by Crippen LogP contribution is -2.38. The van der Waals surface area contributed by atoms with Gasteiger partial charge in [0.25, 0.3) is 5.91 Å². The molecule has 0 aromatic heterocycles. The Morgan fingerprint density at radius 1 is 1.07 bits per heavy atom. The number of nitrogens with one attached hydrogen (secondary N) is 2. The van der Waals surface area contributed by atoms with Crippen molar-refractivity contribution in [1.29, 1.82) is 0 Å². The van der Waals surface area contributed by atoms with Crippen molar-refractivity contribution in [3.8, 4) is 0 Å². The summed E-state index contributed by atoms with van der Waals surface area (Å²) in [6.45, 7) is 3.48. The summed E-state index contributed by atoms with van der Waals surface area (Å²) < 4.78 is 25.6. The molecule has 0 spiro atoms. The summed E-state index contributed by atoms with van der Waals surface area (Å²) in [6.07, 6.45) is 1.10. The van der Waals surface area contributed by atoms with Crippen LogP contribution in [0.4, 0.5) is 11.4 Å². The first kappa shape index (κ1) is 20.4. The number of anilines is 2. The Labute approximate surface area is 159 Å². The molecular formula is C19H23N3O4S. The van der Waals surface area contributed by atoms with Crippen LogP contribution in [-0.4, -0.2) is 39.6 Å². The summed E-state index contributed by atoms with van der Waals surface area (Å²) in [5.74, 6) is -0.511. The quantitative estimate of drug-likeness (QED) is 0.758. The van der Waals surface area contributed by atoms with E-state index in [-0.39, 0.29) is 24.9 Å². The fraction of sp³-hybridized carbons (Fsp3) is 0.263. The summed E-state index contributed by atoms with van der Waals surface area (Å²) in [7, 11) is -3.56. The molecule has 27 heavy (non-hydrogen) atoms. The van der Waals surface area contributed by atoms with Crippen LogP contribution in [0, 0.1) is 6.92 Å². The van der Waals surface area contributed by atoms with Crippen LogP contribution < -0.4 is 14.9 Å². The van der Waals surface area contributed by atoms with E-state index >= 15 is 0 Å². The molecule has 0 unspecified atom stereocenters. The van der Waals surface area contributed by atoms with Crippen molar-refractivity contribution in [1.82, 2.24) is 5.32 Å².